The molecule has 4 heteroatoms. The summed E-state index contributed by atoms with van der Waals surface area (Å²) < 4.78 is 5.24. The fraction of sp³-hybridized carbons (Fsp3) is 0.636. The van der Waals surface area contributed by atoms with E-state index < -0.39 is 0 Å². The third-order valence-corrected chi connectivity index (χ3v) is 4.54. The number of benzene rings is 1. The van der Waals surface area contributed by atoms with Gasteiger partial charge in [-0.3, -0.25) is 4.79 Å². The van der Waals surface area contributed by atoms with E-state index in [2.05, 4.69) is 17.5 Å². The quantitative estimate of drug-likeness (QED) is 0.242. The third kappa shape index (κ3) is 10.9. The van der Waals surface area contributed by atoms with E-state index in [-0.39, 0.29) is 5.91 Å². The van der Waals surface area contributed by atoms with Gasteiger partial charge >= 0.3 is 0 Å². The van der Waals surface area contributed by atoms with Crippen molar-refractivity contribution in [1.29, 1.82) is 0 Å². The van der Waals surface area contributed by atoms with Gasteiger partial charge in [-0.25, -0.2) is 5.43 Å². The molecule has 0 heterocycles. The summed E-state index contributed by atoms with van der Waals surface area (Å²) in [6.45, 7) is 2.26. The summed E-state index contributed by atoms with van der Waals surface area (Å²) in [6.07, 6.45) is 16.3. The highest BCUT2D eigenvalue weighted by atomic mass is 16.5. The topological polar surface area (TPSA) is 50.7 Å². The summed E-state index contributed by atoms with van der Waals surface area (Å²) >= 11 is 0. The van der Waals surface area contributed by atoms with Crippen LogP contribution in [0.4, 0.5) is 0 Å². The van der Waals surface area contributed by atoms with Gasteiger partial charge in [0.2, 0.25) is 5.91 Å². The second kappa shape index (κ2) is 15.4. The number of amides is 1. The first-order chi connectivity index (χ1) is 12.8. The van der Waals surface area contributed by atoms with Crippen molar-refractivity contribution in [2.24, 2.45) is 5.10 Å². The van der Waals surface area contributed by atoms with Gasteiger partial charge < -0.3 is 4.74 Å². The van der Waals surface area contributed by atoms with E-state index in [1.165, 1.54) is 57.8 Å². The summed E-state index contributed by atoms with van der Waals surface area (Å²) in [7, 11) is 1.62. The Kier molecular flexibility index (Phi) is 13.2. The molecule has 4 nitrogen and oxygen atoms in total. The molecule has 1 rings (SSSR count). The van der Waals surface area contributed by atoms with Crippen molar-refractivity contribution in [2.75, 3.05) is 7.11 Å². The number of ether oxygens (including phenoxy) is 1. The minimum absolute atomic E-state index is 0.0212. The number of carbonyl (C=O) groups excluding carboxylic acids is 1. The molecule has 0 saturated heterocycles. The summed E-state index contributed by atoms with van der Waals surface area (Å²) in [6, 6.07) is 7.59. The van der Waals surface area contributed by atoms with Crippen molar-refractivity contribution in [3.63, 3.8) is 0 Å². The molecule has 146 valence electrons. The zero-order chi connectivity index (χ0) is 18.9. The number of rotatable bonds is 15. The van der Waals surface area contributed by atoms with Gasteiger partial charge in [0.1, 0.15) is 5.75 Å². The number of hydrogen-bond donors (Lipinski definition) is 1. The lowest BCUT2D eigenvalue weighted by Crippen LogP contribution is -2.16. The van der Waals surface area contributed by atoms with Crippen LogP contribution in [0.1, 0.15) is 89.5 Å². The number of hydrazone groups is 1. The minimum atomic E-state index is -0.0212. The van der Waals surface area contributed by atoms with Gasteiger partial charge in [-0.2, -0.15) is 5.10 Å². The first-order valence-corrected chi connectivity index (χ1v) is 10.2. The van der Waals surface area contributed by atoms with Gasteiger partial charge in [0, 0.05) is 12.0 Å². The van der Waals surface area contributed by atoms with Crippen LogP contribution in [0.15, 0.2) is 29.4 Å². The molecule has 0 aliphatic rings. The average molecular weight is 361 g/mol. The van der Waals surface area contributed by atoms with Crippen LogP contribution in [0.2, 0.25) is 0 Å². The van der Waals surface area contributed by atoms with Gasteiger partial charge in [-0.1, -0.05) is 83.3 Å². The van der Waals surface area contributed by atoms with Crippen LogP contribution in [0.5, 0.6) is 5.75 Å². The Bertz CT molecular complexity index is 515. The van der Waals surface area contributed by atoms with Crippen LogP contribution in [0.3, 0.4) is 0 Å². The van der Waals surface area contributed by atoms with Gasteiger partial charge in [0.25, 0.3) is 0 Å². The smallest absolute Gasteiger partial charge is 0.240 e. The maximum absolute atomic E-state index is 11.8. The zero-order valence-electron chi connectivity index (χ0n) is 16.6. The predicted molar refractivity (Wildman–Crippen MR) is 110 cm³/mol. The number of methoxy groups -OCH3 is 1. The number of unbranched alkanes of at least 4 members (excludes halogenated alkanes) is 10. The van der Waals surface area contributed by atoms with Crippen molar-refractivity contribution in [2.45, 2.75) is 84.0 Å². The molecular weight excluding hydrogens is 324 g/mol. The molecule has 0 unspecified atom stereocenters. The minimum Gasteiger partial charge on any atom is -0.496 e. The van der Waals surface area contributed by atoms with E-state index in [0.29, 0.717) is 6.42 Å². The molecule has 0 aliphatic heterocycles. The van der Waals surface area contributed by atoms with Crippen LogP contribution in [0, 0.1) is 0 Å². The SMILES string of the molecule is CCCCCCCCCCCCCC(=O)NN=Cc1ccccc1OC. The Balaban J connectivity index is 1.99. The Morgan fingerprint density at radius 3 is 2.15 bits per heavy atom. The van der Waals surface area contributed by atoms with Crippen molar-refractivity contribution in [1.82, 2.24) is 5.43 Å². The Morgan fingerprint density at radius 2 is 1.54 bits per heavy atom. The van der Waals surface area contributed by atoms with Crippen LogP contribution in [-0.2, 0) is 4.79 Å². The normalized spacial score (nSPS) is 11.0. The van der Waals surface area contributed by atoms with Gasteiger partial charge in [-0.15, -0.1) is 0 Å². The molecule has 0 radical (unpaired) electrons. The lowest BCUT2D eigenvalue weighted by Gasteiger charge is -2.04. The van der Waals surface area contributed by atoms with Gasteiger partial charge in [0.05, 0.1) is 13.3 Å². The summed E-state index contributed by atoms with van der Waals surface area (Å²) in [5, 5.41) is 4.02. The average Bonchev–Trinajstić information content (AvgIpc) is 2.66. The number of carbonyl (C=O) groups is 1. The largest absolute Gasteiger partial charge is 0.496 e. The molecule has 1 aromatic rings. The molecule has 0 saturated carbocycles. The lowest BCUT2D eigenvalue weighted by atomic mass is 10.1. The highest BCUT2D eigenvalue weighted by Gasteiger charge is 2.01. The molecule has 1 aromatic carbocycles. The molecule has 0 fully saturated rings. The van der Waals surface area contributed by atoms with Crippen LogP contribution < -0.4 is 10.2 Å². The van der Waals surface area contributed by atoms with E-state index in [4.69, 9.17) is 4.74 Å². The molecule has 1 amide bonds. The van der Waals surface area contributed by atoms with Crippen molar-refractivity contribution >= 4 is 12.1 Å². The van der Waals surface area contributed by atoms with E-state index in [9.17, 15) is 4.79 Å². The second-order valence-corrected chi connectivity index (χ2v) is 6.82. The second-order valence-electron chi connectivity index (χ2n) is 6.82. The maximum Gasteiger partial charge on any atom is 0.240 e. The van der Waals surface area contributed by atoms with Gasteiger partial charge in [-0.05, 0) is 18.6 Å². The highest BCUT2D eigenvalue weighted by Crippen LogP contribution is 2.14. The maximum atomic E-state index is 11.8. The summed E-state index contributed by atoms with van der Waals surface area (Å²) in [4.78, 5) is 11.8. The molecule has 0 aliphatic carbocycles. The van der Waals surface area contributed by atoms with Crippen LogP contribution in [0.25, 0.3) is 0 Å². The molecular formula is C22H36N2O2. The summed E-state index contributed by atoms with van der Waals surface area (Å²) in [5.41, 5.74) is 3.44. The van der Waals surface area contributed by atoms with E-state index in [1.807, 2.05) is 24.3 Å². The van der Waals surface area contributed by atoms with Crippen LogP contribution in [-0.4, -0.2) is 19.2 Å². The van der Waals surface area contributed by atoms with Crippen LogP contribution >= 0.6 is 0 Å². The lowest BCUT2D eigenvalue weighted by molar-refractivity contribution is -0.121. The van der Waals surface area contributed by atoms with Crippen molar-refractivity contribution in [3.8, 4) is 5.75 Å². The summed E-state index contributed by atoms with van der Waals surface area (Å²) in [5.74, 6) is 0.725. The first kappa shape index (κ1) is 22.2. The Labute approximate surface area is 159 Å². The van der Waals surface area contributed by atoms with Crippen molar-refractivity contribution in [3.05, 3.63) is 29.8 Å². The third-order valence-electron chi connectivity index (χ3n) is 4.54. The molecule has 0 bridgehead atoms. The monoisotopic (exact) mass is 360 g/mol. The van der Waals surface area contributed by atoms with Gasteiger partial charge in [0.15, 0.2) is 0 Å². The van der Waals surface area contributed by atoms with E-state index in [1.54, 1.807) is 13.3 Å². The fourth-order valence-electron chi connectivity index (χ4n) is 2.95. The number of nitrogens with zero attached hydrogens (tertiary/aromatic N) is 1. The number of nitrogens with one attached hydrogen (secondary N) is 1. The molecule has 26 heavy (non-hydrogen) atoms. The molecule has 0 atom stereocenters. The number of para-hydroxylation sites is 1. The van der Waals surface area contributed by atoms with E-state index in [0.717, 1.165) is 24.2 Å². The number of hydrogen-bond acceptors (Lipinski definition) is 3. The van der Waals surface area contributed by atoms with E-state index >= 15 is 0 Å². The Morgan fingerprint density at radius 1 is 0.962 bits per heavy atom. The standard InChI is InChI=1S/C22H36N2O2/c1-3-4-5-6-7-8-9-10-11-12-13-18-22(25)24-23-19-20-16-14-15-17-21(20)26-2/h14-17,19H,3-13,18H2,1-2H3,(H,24,25). The molecule has 1 N–H and O–H groups in total. The van der Waals surface area contributed by atoms with Crippen molar-refractivity contribution < 1.29 is 9.53 Å². The molecule has 0 spiro atoms. The highest BCUT2D eigenvalue weighted by molar-refractivity contribution is 5.85. The zero-order valence-corrected chi connectivity index (χ0v) is 16.6. The molecule has 0 aromatic heterocycles. The first-order valence-electron chi connectivity index (χ1n) is 10.2. The Hall–Kier alpha value is -1.84. The predicted octanol–water partition coefficient (Wildman–Crippen LogP) is 5.85. The fourth-order valence-corrected chi connectivity index (χ4v) is 2.95.